The second-order valence-electron chi connectivity index (χ2n) is 3.20. The monoisotopic (exact) mass is 230 g/mol. The number of hydrogen-bond donors (Lipinski definition) is 1. The Bertz CT molecular complexity index is 527. The zero-order chi connectivity index (χ0) is 12.8. The summed E-state index contributed by atoms with van der Waals surface area (Å²) in [5.74, 6) is -0.903. The van der Waals surface area contributed by atoms with E-state index in [0.29, 0.717) is 11.3 Å². The number of nitrogens with zero attached hydrogens (tertiary/aromatic N) is 1. The fourth-order valence-corrected chi connectivity index (χ4v) is 1.16. The van der Waals surface area contributed by atoms with Gasteiger partial charge in [0.1, 0.15) is 17.4 Å². The maximum absolute atomic E-state index is 10.8. The first-order valence-corrected chi connectivity index (χ1v) is 4.73. The standard InChI is InChI=1S/C12H10N2O3/c1-8(15)17-11-4-2-3-9(6-11)5-10(7-13)12(14)16/h2-6H,1H3,(H2,14,16)/b10-5+. The topological polar surface area (TPSA) is 93.2 Å². The molecule has 17 heavy (non-hydrogen) atoms. The minimum absolute atomic E-state index is 0.162. The van der Waals surface area contributed by atoms with E-state index in [9.17, 15) is 9.59 Å². The lowest BCUT2D eigenvalue weighted by Gasteiger charge is -2.01. The molecule has 1 aromatic carbocycles. The Kier molecular flexibility index (Phi) is 4.01. The predicted octanol–water partition coefficient (Wildman–Crippen LogP) is 1.00. The summed E-state index contributed by atoms with van der Waals surface area (Å²) in [6, 6.07) is 8.11. The number of rotatable bonds is 3. The molecule has 0 saturated heterocycles. The minimum atomic E-state index is -0.801. The summed E-state index contributed by atoms with van der Waals surface area (Å²) >= 11 is 0. The molecule has 1 amide bonds. The molecule has 0 bridgehead atoms. The van der Waals surface area contributed by atoms with Crippen LogP contribution in [0.5, 0.6) is 5.75 Å². The van der Waals surface area contributed by atoms with Crippen LogP contribution >= 0.6 is 0 Å². The van der Waals surface area contributed by atoms with Crippen molar-refractivity contribution in [2.24, 2.45) is 5.73 Å². The Labute approximate surface area is 98.1 Å². The predicted molar refractivity (Wildman–Crippen MR) is 60.5 cm³/mol. The summed E-state index contributed by atoms with van der Waals surface area (Å²) in [5, 5.41) is 8.67. The van der Waals surface area contributed by atoms with Crippen LogP contribution < -0.4 is 10.5 Å². The number of benzene rings is 1. The molecule has 1 aromatic rings. The van der Waals surface area contributed by atoms with Crippen molar-refractivity contribution in [2.45, 2.75) is 6.92 Å². The molecular formula is C12H10N2O3. The minimum Gasteiger partial charge on any atom is -0.427 e. The number of carbonyl (C=O) groups is 2. The van der Waals surface area contributed by atoms with Gasteiger partial charge < -0.3 is 10.5 Å². The van der Waals surface area contributed by atoms with E-state index in [1.165, 1.54) is 19.1 Å². The Morgan fingerprint density at radius 2 is 2.18 bits per heavy atom. The number of hydrogen-bond acceptors (Lipinski definition) is 4. The van der Waals surface area contributed by atoms with Crippen molar-refractivity contribution in [2.75, 3.05) is 0 Å². The van der Waals surface area contributed by atoms with Crippen LogP contribution in [-0.4, -0.2) is 11.9 Å². The van der Waals surface area contributed by atoms with Gasteiger partial charge in [0.15, 0.2) is 0 Å². The number of nitriles is 1. The maximum atomic E-state index is 10.8. The molecule has 0 unspecified atom stereocenters. The van der Waals surface area contributed by atoms with Gasteiger partial charge in [-0.25, -0.2) is 0 Å². The van der Waals surface area contributed by atoms with Crippen LogP contribution in [0.3, 0.4) is 0 Å². The van der Waals surface area contributed by atoms with Crippen molar-refractivity contribution in [3.63, 3.8) is 0 Å². The highest BCUT2D eigenvalue weighted by Crippen LogP contribution is 2.15. The second-order valence-corrected chi connectivity index (χ2v) is 3.20. The fraction of sp³-hybridized carbons (Fsp3) is 0.0833. The van der Waals surface area contributed by atoms with Crippen LogP contribution in [-0.2, 0) is 9.59 Å². The van der Waals surface area contributed by atoms with Gasteiger partial charge >= 0.3 is 5.97 Å². The van der Waals surface area contributed by atoms with Crippen molar-refractivity contribution >= 4 is 18.0 Å². The average Bonchev–Trinajstić information content (AvgIpc) is 2.25. The average molecular weight is 230 g/mol. The van der Waals surface area contributed by atoms with Crippen molar-refractivity contribution in [1.82, 2.24) is 0 Å². The summed E-state index contributed by atoms with van der Waals surface area (Å²) in [4.78, 5) is 21.6. The molecule has 0 fully saturated rings. The molecule has 0 radical (unpaired) electrons. The summed E-state index contributed by atoms with van der Waals surface area (Å²) < 4.78 is 4.86. The number of primary amides is 1. The van der Waals surface area contributed by atoms with E-state index in [4.69, 9.17) is 15.7 Å². The van der Waals surface area contributed by atoms with Gasteiger partial charge in [0, 0.05) is 6.92 Å². The van der Waals surface area contributed by atoms with Gasteiger partial charge in [-0.2, -0.15) is 5.26 Å². The van der Waals surface area contributed by atoms with Gasteiger partial charge in [-0.1, -0.05) is 12.1 Å². The van der Waals surface area contributed by atoms with E-state index in [1.807, 2.05) is 0 Å². The third kappa shape index (κ3) is 3.80. The van der Waals surface area contributed by atoms with E-state index in [-0.39, 0.29) is 5.57 Å². The Hall–Kier alpha value is -2.61. The summed E-state index contributed by atoms with van der Waals surface area (Å²) in [5.41, 5.74) is 5.39. The first-order valence-electron chi connectivity index (χ1n) is 4.73. The maximum Gasteiger partial charge on any atom is 0.308 e. The highest BCUT2D eigenvalue weighted by molar-refractivity contribution is 6.00. The molecule has 0 aliphatic rings. The van der Waals surface area contributed by atoms with Crippen molar-refractivity contribution in [3.05, 3.63) is 35.4 Å². The molecule has 5 heteroatoms. The van der Waals surface area contributed by atoms with E-state index in [1.54, 1.807) is 24.3 Å². The van der Waals surface area contributed by atoms with Gasteiger partial charge in [0.05, 0.1) is 0 Å². The molecule has 0 aliphatic carbocycles. The third-order valence-corrected chi connectivity index (χ3v) is 1.82. The van der Waals surface area contributed by atoms with Crippen molar-refractivity contribution < 1.29 is 14.3 Å². The quantitative estimate of drug-likeness (QED) is 0.363. The molecule has 5 nitrogen and oxygen atoms in total. The van der Waals surface area contributed by atoms with Crippen molar-refractivity contribution in [1.29, 1.82) is 5.26 Å². The fourth-order valence-electron chi connectivity index (χ4n) is 1.16. The lowest BCUT2D eigenvalue weighted by atomic mass is 10.1. The first-order chi connectivity index (χ1) is 8.02. The molecule has 86 valence electrons. The number of amides is 1. The summed E-state index contributed by atoms with van der Waals surface area (Å²) in [6.45, 7) is 1.28. The number of esters is 1. The second kappa shape index (κ2) is 5.47. The van der Waals surface area contributed by atoms with Gasteiger partial charge in [-0.3, -0.25) is 9.59 Å². The van der Waals surface area contributed by atoms with E-state index in [2.05, 4.69) is 0 Å². The van der Waals surface area contributed by atoms with Gasteiger partial charge in [-0.15, -0.1) is 0 Å². The van der Waals surface area contributed by atoms with Crippen molar-refractivity contribution in [3.8, 4) is 11.8 Å². The molecule has 0 spiro atoms. The zero-order valence-electron chi connectivity index (χ0n) is 9.14. The van der Waals surface area contributed by atoms with Crippen LogP contribution in [0.2, 0.25) is 0 Å². The summed E-state index contributed by atoms with van der Waals surface area (Å²) in [6.07, 6.45) is 1.33. The molecule has 2 N–H and O–H groups in total. The molecule has 0 atom stereocenters. The molecule has 0 heterocycles. The SMILES string of the molecule is CC(=O)Oc1cccc(/C=C(\C#N)C(N)=O)c1. The Balaban J connectivity index is 3.04. The lowest BCUT2D eigenvalue weighted by molar-refractivity contribution is -0.131. The number of nitrogens with two attached hydrogens (primary N) is 1. The molecule has 0 aromatic heterocycles. The van der Waals surface area contributed by atoms with Crippen LogP contribution in [0.25, 0.3) is 6.08 Å². The highest BCUT2D eigenvalue weighted by Gasteiger charge is 2.04. The van der Waals surface area contributed by atoms with Crippen LogP contribution in [0, 0.1) is 11.3 Å². The van der Waals surface area contributed by atoms with Crippen LogP contribution in [0.15, 0.2) is 29.8 Å². The van der Waals surface area contributed by atoms with Crippen LogP contribution in [0.1, 0.15) is 12.5 Å². The lowest BCUT2D eigenvalue weighted by Crippen LogP contribution is -2.12. The first kappa shape index (κ1) is 12.5. The van der Waals surface area contributed by atoms with E-state index >= 15 is 0 Å². The van der Waals surface area contributed by atoms with Crippen LogP contribution in [0.4, 0.5) is 0 Å². The largest absolute Gasteiger partial charge is 0.427 e. The van der Waals surface area contributed by atoms with Gasteiger partial charge in [0.2, 0.25) is 0 Å². The molecule has 1 rings (SSSR count). The van der Waals surface area contributed by atoms with E-state index in [0.717, 1.165) is 0 Å². The molecular weight excluding hydrogens is 220 g/mol. The van der Waals surface area contributed by atoms with Gasteiger partial charge in [-0.05, 0) is 23.8 Å². The van der Waals surface area contributed by atoms with Gasteiger partial charge in [0.25, 0.3) is 5.91 Å². The zero-order valence-corrected chi connectivity index (χ0v) is 9.14. The summed E-state index contributed by atoms with van der Waals surface area (Å²) in [7, 11) is 0. The Morgan fingerprint density at radius 1 is 1.47 bits per heavy atom. The molecule has 0 aliphatic heterocycles. The molecule has 0 saturated carbocycles. The number of ether oxygens (including phenoxy) is 1. The Morgan fingerprint density at radius 3 is 2.71 bits per heavy atom. The number of carbonyl (C=O) groups excluding carboxylic acids is 2. The third-order valence-electron chi connectivity index (χ3n) is 1.82. The smallest absolute Gasteiger partial charge is 0.308 e. The normalized spacial score (nSPS) is 10.5. The van der Waals surface area contributed by atoms with E-state index < -0.39 is 11.9 Å². The highest BCUT2D eigenvalue weighted by atomic mass is 16.5.